The van der Waals surface area contributed by atoms with Gasteiger partial charge in [0.15, 0.2) is 0 Å². The molecule has 4 nitrogen and oxygen atoms in total. The van der Waals surface area contributed by atoms with Gasteiger partial charge in [-0.05, 0) is 44.5 Å². The first-order valence-corrected chi connectivity index (χ1v) is 9.42. The number of anilines is 1. The molecule has 1 N–H and O–H groups in total. The molecule has 5 heteroatoms. The molecule has 1 aromatic rings. The molecule has 0 radical (unpaired) electrons. The molecule has 0 saturated heterocycles. The average Bonchev–Trinajstić information content (AvgIpc) is 2.54. The minimum absolute atomic E-state index is 0.0930. The standard InChI is InChI=1S/C18H28BrNO3/c1-4-6-7-12-18(3,23-5-2)17(21)20-15-8-10-16(11-9-15)22-14-13-19/h8-11H,4-7,12-14H2,1-3H3,(H,20,21). The van der Waals surface area contributed by atoms with Gasteiger partial charge >= 0.3 is 0 Å². The van der Waals surface area contributed by atoms with Crippen molar-refractivity contribution in [1.29, 1.82) is 0 Å². The number of unbranched alkanes of at least 4 members (excludes halogenated alkanes) is 2. The number of halogens is 1. The molecule has 1 atom stereocenters. The highest BCUT2D eigenvalue weighted by molar-refractivity contribution is 9.09. The van der Waals surface area contributed by atoms with Crippen molar-refractivity contribution in [2.24, 2.45) is 0 Å². The van der Waals surface area contributed by atoms with Gasteiger partial charge in [-0.3, -0.25) is 4.79 Å². The Morgan fingerprint density at radius 3 is 2.48 bits per heavy atom. The quantitative estimate of drug-likeness (QED) is 0.440. The second kappa shape index (κ2) is 10.7. The number of hydrogen-bond acceptors (Lipinski definition) is 3. The van der Waals surface area contributed by atoms with Crippen LogP contribution in [0.2, 0.25) is 0 Å². The second-order valence-electron chi connectivity index (χ2n) is 5.64. The van der Waals surface area contributed by atoms with Crippen molar-refractivity contribution in [3.63, 3.8) is 0 Å². The van der Waals surface area contributed by atoms with Gasteiger partial charge in [-0.2, -0.15) is 0 Å². The van der Waals surface area contributed by atoms with E-state index >= 15 is 0 Å². The summed E-state index contributed by atoms with van der Waals surface area (Å²) in [5.41, 5.74) is -0.0303. The third-order valence-electron chi connectivity index (χ3n) is 3.66. The first-order valence-electron chi connectivity index (χ1n) is 8.30. The molecular weight excluding hydrogens is 358 g/mol. The van der Waals surface area contributed by atoms with Crippen molar-refractivity contribution in [2.45, 2.75) is 52.1 Å². The highest BCUT2D eigenvalue weighted by Gasteiger charge is 2.33. The lowest BCUT2D eigenvalue weighted by atomic mass is 9.96. The highest BCUT2D eigenvalue weighted by atomic mass is 79.9. The summed E-state index contributed by atoms with van der Waals surface area (Å²) in [6.45, 7) is 7.08. The van der Waals surface area contributed by atoms with Crippen LogP contribution in [0.25, 0.3) is 0 Å². The smallest absolute Gasteiger partial charge is 0.256 e. The Balaban J connectivity index is 2.66. The van der Waals surface area contributed by atoms with Crippen molar-refractivity contribution in [2.75, 3.05) is 23.9 Å². The fourth-order valence-corrected chi connectivity index (χ4v) is 2.50. The Morgan fingerprint density at radius 2 is 1.91 bits per heavy atom. The van der Waals surface area contributed by atoms with E-state index in [1.54, 1.807) is 0 Å². The summed E-state index contributed by atoms with van der Waals surface area (Å²) in [6, 6.07) is 7.40. The van der Waals surface area contributed by atoms with E-state index < -0.39 is 5.60 Å². The maximum absolute atomic E-state index is 12.6. The molecule has 1 aromatic carbocycles. The van der Waals surface area contributed by atoms with Crippen LogP contribution in [0.1, 0.15) is 46.5 Å². The number of carbonyl (C=O) groups is 1. The van der Waals surface area contributed by atoms with Crippen molar-refractivity contribution in [3.05, 3.63) is 24.3 Å². The molecule has 1 unspecified atom stereocenters. The zero-order chi connectivity index (χ0) is 17.1. The lowest BCUT2D eigenvalue weighted by Gasteiger charge is -2.28. The fraction of sp³-hybridized carbons (Fsp3) is 0.611. The zero-order valence-electron chi connectivity index (χ0n) is 14.4. The van der Waals surface area contributed by atoms with Gasteiger partial charge in [0.25, 0.3) is 5.91 Å². The van der Waals surface area contributed by atoms with Crippen LogP contribution in [0.15, 0.2) is 24.3 Å². The minimum Gasteiger partial charge on any atom is -0.493 e. The average molecular weight is 386 g/mol. The Hall–Kier alpha value is -1.07. The SMILES string of the molecule is CCCCCC(C)(OCC)C(=O)Nc1ccc(OCCBr)cc1. The molecule has 0 bridgehead atoms. The molecule has 0 saturated carbocycles. The Labute approximate surface area is 148 Å². The van der Waals surface area contributed by atoms with Crippen molar-refractivity contribution >= 4 is 27.5 Å². The number of alkyl halides is 1. The summed E-state index contributed by atoms with van der Waals surface area (Å²) < 4.78 is 11.2. The summed E-state index contributed by atoms with van der Waals surface area (Å²) in [4.78, 5) is 12.6. The molecule has 0 spiro atoms. The topological polar surface area (TPSA) is 47.6 Å². The summed E-state index contributed by atoms with van der Waals surface area (Å²) in [6.07, 6.45) is 3.95. The molecule has 0 aromatic heterocycles. The first-order chi connectivity index (χ1) is 11.1. The fourth-order valence-electron chi connectivity index (χ4n) is 2.34. The Morgan fingerprint density at radius 1 is 1.22 bits per heavy atom. The molecule has 1 amide bonds. The molecule has 0 aliphatic carbocycles. The van der Waals surface area contributed by atoms with Crippen LogP contribution in [-0.2, 0) is 9.53 Å². The summed E-state index contributed by atoms with van der Waals surface area (Å²) >= 11 is 3.32. The normalized spacial score (nSPS) is 13.4. The monoisotopic (exact) mass is 385 g/mol. The van der Waals surface area contributed by atoms with E-state index in [-0.39, 0.29) is 5.91 Å². The maximum atomic E-state index is 12.6. The highest BCUT2D eigenvalue weighted by Crippen LogP contribution is 2.23. The molecule has 0 heterocycles. The largest absolute Gasteiger partial charge is 0.493 e. The van der Waals surface area contributed by atoms with Crippen molar-refractivity contribution in [3.8, 4) is 5.75 Å². The van der Waals surface area contributed by atoms with Gasteiger partial charge in [0, 0.05) is 17.6 Å². The van der Waals surface area contributed by atoms with E-state index in [0.29, 0.717) is 13.2 Å². The van der Waals surface area contributed by atoms with E-state index in [1.165, 1.54) is 0 Å². The van der Waals surface area contributed by atoms with Crippen LogP contribution in [0.4, 0.5) is 5.69 Å². The van der Waals surface area contributed by atoms with E-state index in [9.17, 15) is 4.79 Å². The van der Waals surface area contributed by atoms with Crippen LogP contribution in [-0.4, -0.2) is 30.1 Å². The van der Waals surface area contributed by atoms with E-state index in [4.69, 9.17) is 9.47 Å². The van der Waals surface area contributed by atoms with Crippen molar-refractivity contribution < 1.29 is 14.3 Å². The molecule has 130 valence electrons. The van der Waals surface area contributed by atoms with Gasteiger partial charge < -0.3 is 14.8 Å². The van der Waals surface area contributed by atoms with Crippen LogP contribution >= 0.6 is 15.9 Å². The predicted octanol–water partition coefficient (Wildman–Crippen LogP) is 4.77. The lowest BCUT2D eigenvalue weighted by Crippen LogP contribution is -2.42. The predicted molar refractivity (Wildman–Crippen MR) is 98.5 cm³/mol. The Kier molecular flexibility index (Phi) is 9.26. The lowest BCUT2D eigenvalue weighted by molar-refractivity contribution is -0.139. The van der Waals surface area contributed by atoms with E-state index in [1.807, 2.05) is 38.1 Å². The summed E-state index contributed by atoms with van der Waals surface area (Å²) in [5.74, 6) is 0.697. The number of nitrogens with one attached hydrogen (secondary N) is 1. The first kappa shape index (κ1) is 20.0. The van der Waals surface area contributed by atoms with E-state index in [2.05, 4.69) is 28.2 Å². The van der Waals surface area contributed by atoms with Gasteiger partial charge in [-0.15, -0.1) is 0 Å². The van der Waals surface area contributed by atoms with E-state index in [0.717, 1.165) is 42.5 Å². The van der Waals surface area contributed by atoms with Gasteiger partial charge in [0.2, 0.25) is 0 Å². The summed E-state index contributed by atoms with van der Waals surface area (Å²) in [7, 11) is 0. The molecule has 0 aliphatic heterocycles. The molecule has 0 fully saturated rings. The number of ether oxygens (including phenoxy) is 2. The molecule has 1 rings (SSSR count). The maximum Gasteiger partial charge on any atom is 0.256 e. The summed E-state index contributed by atoms with van der Waals surface area (Å²) in [5, 5.41) is 3.74. The third-order valence-corrected chi connectivity index (χ3v) is 3.98. The zero-order valence-corrected chi connectivity index (χ0v) is 15.9. The van der Waals surface area contributed by atoms with Crippen LogP contribution < -0.4 is 10.1 Å². The number of amides is 1. The number of benzene rings is 1. The second-order valence-corrected chi connectivity index (χ2v) is 6.43. The number of rotatable bonds is 11. The van der Waals surface area contributed by atoms with Gasteiger partial charge in [0.05, 0.1) is 6.61 Å². The number of hydrogen-bond donors (Lipinski definition) is 1. The number of carbonyl (C=O) groups excluding carboxylic acids is 1. The van der Waals surface area contributed by atoms with Gasteiger partial charge in [-0.25, -0.2) is 0 Å². The molecule has 23 heavy (non-hydrogen) atoms. The van der Waals surface area contributed by atoms with Gasteiger partial charge in [0.1, 0.15) is 11.4 Å². The van der Waals surface area contributed by atoms with Crippen LogP contribution in [0.3, 0.4) is 0 Å². The Bertz CT molecular complexity index is 464. The molecular formula is C18H28BrNO3. The van der Waals surface area contributed by atoms with Crippen LogP contribution in [0.5, 0.6) is 5.75 Å². The van der Waals surface area contributed by atoms with Gasteiger partial charge in [-0.1, -0.05) is 42.1 Å². The third kappa shape index (κ3) is 6.92. The van der Waals surface area contributed by atoms with Crippen molar-refractivity contribution in [1.82, 2.24) is 0 Å². The minimum atomic E-state index is -0.783. The molecule has 0 aliphatic rings. The van der Waals surface area contributed by atoms with Crippen LogP contribution in [0, 0.1) is 0 Å².